The van der Waals surface area contributed by atoms with Gasteiger partial charge in [-0.2, -0.15) is 0 Å². The molecule has 2 aromatic heterocycles. The van der Waals surface area contributed by atoms with Gasteiger partial charge in [-0.05, 0) is 54.6 Å². The van der Waals surface area contributed by atoms with Crippen molar-refractivity contribution >= 4 is 45.0 Å². The molecule has 0 aliphatic rings. The lowest BCUT2D eigenvalue weighted by atomic mass is 10.0. The van der Waals surface area contributed by atoms with E-state index in [-0.39, 0.29) is 22.9 Å². The van der Waals surface area contributed by atoms with Crippen molar-refractivity contribution in [1.29, 1.82) is 0 Å². The molecule has 0 aliphatic carbocycles. The molecule has 0 unspecified atom stereocenters. The Morgan fingerprint density at radius 3 is 2.59 bits per heavy atom. The summed E-state index contributed by atoms with van der Waals surface area (Å²) in [5.41, 5.74) is 2.77. The zero-order chi connectivity index (χ0) is 22.2. The number of nitrogens with one attached hydrogen (secondary N) is 1. The molecule has 0 spiro atoms. The average Bonchev–Trinajstić information content (AvgIpc) is 3.11. The molecule has 0 bridgehead atoms. The molecule has 0 saturated carbocycles. The van der Waals surface area contributed by atoms with E-state index in [9.17, 15) is 14.3 Å². The smallest absolute Gasteiger partial charge is 0.296 e. The summed E-state index contributed by atoms with van der Waals surface area (Å²) in [4.78, 5) is 20.4. The molecule has 32 heavy (non-hydrogen) atoms. The Hall–Kier alpha value is -4.10. The van der Waals surface area contributed by atoms with Crippen LogP contribution in [0.4, 0.5) is 10.1 Å². The van der Waals surface area contributed by atoms with Crippen LogP contribution in [-0.2, 0) is 0 Å². The number of benzene rings is 3. The first-order chi connectivity index (χ1) is 15.5. The molecule has 1 amide bonds. The fourth-order valence-electron chi connectivity index (χ4n) is 3.51. The first-order valence-corrected chi connectivity index (χ1v) is 9.99. The van der Waals surface area contributed by atoms with Gasteiger partial charge in [0.05, 0.1) is 22.3 Å². The topological polar surface area (TPSA) is 90.7 Å². The Balaban J connectivity index is 1.60. The van der Waals surface area contributed by atoms with E-state index in [1.165, 1.54) is 12.1 Å². The number of carbonyl (C=O) groups is 1. The quantitative estimate of drug-likeness (QED) is 0.299. The number of para-hydroxylation sites is 1. The van der Waals surface area contributed by atoms with Gasteiger partial charge in [0.25, 0.3) is 5.91 Å². The number of aromatic hydroxyl groups is 1. The first kappa shape index (κ1) is 19.8. The lowest BCUT2D eigenvalue weighted by Gasteiger charge is -2.07. The third-order valence-corrected chi connectivity index (χ3v) is 5.28. The summed E-state index contributed by atoms with van der Waals surface area (Å²) in [7, 11) is 0. The maximum Gasteiger partial charge on any atom is 0.296 e. The van der Waals surface area contributed by atoms with E-state index < -0.39 is 5.91 Å². The number of aromatic amines is 1. The highest BCUT2D eigenvalue weighted by Crippen LogP contribution is 2.37. The molecule has 0 atom stereocenters. The van der Waals surface area contributed by atoms with E-state index in [2.05, 4.69) is 20.2 Å². The summed E-state index contributed by atoms with van der Waals surface area (Å²) in [6, 6.07) is 19.6. The number of amides is 1. The highest BCUT2D eigenvalue weighted by molar-refractivity contribution is 6.31. The molecule has 156 valence electrons. The zero-order valence-corrected chi connectivity index (χ0v) is 17.1. The number of halogens is 2. The number of pyridine rings is 1. The summed E-state index contributed by atoms with van der Waals surface area (Å²) in [6.07, 6.45) is 0. The minimum Gasteiger partial charge on any atom is -0.493 e. The third kappa shape index (κ3) is 3.59. The Morgan fingerprint density at radius 2 is 1.78 bits per heavy atom. The first-order valence-electron chi connectivity index (χ1n) is 9.61. The zero-order valence-electron chi connectivity index (χ0n) is 16.4. The number of fused-ring (bicyclic) bond motifs is 2. The van der Waals surface area contributed by atoms with E-state index >= 15 is 0 Å². The van der Waals surface area contributed by atoms with Gasteiger partial charge in [-0.15, -0.1) is 10.2 Å². The predicted molar refractivity (Wildman–Crippen MR) is 121 cm³/mol. The van der Waals surface area contributed by atoms with Crippen molar-refractivity contribution < 1.29 is 14.3 Å². The summed E-state index contributed by atoms with van der Waals surface area (Å²) in [5, 5.41) is 19.6. The fraction of sp³-hybridized carbons (Fsp3) is 0. The number of nitrogens with zero attached hydrogens (tertiary/aromatic N) is 3. The van der Waals surface area contributed by atoms with Gasteiger partial charge in [0.1, 0.15) is 5.82 Å². The van der Waals surface area contributed by atoms with Crippen molar-refractivity contribution in [3.05, 3.63) is 89.2 Å². The maximum absolute atomic E-state index is 13.3. The minimum absolute atomic E-state index is 0.118. The fourth-order valence-corrected chi connectivity index (χ4v) is 3.68. The van der Waals surface area contributed by atoms with Crippen molar-refractivity contribution in [3.8, 4) is 17.1 Å². The van der Waals surface area contributed by atoms with E-state index in [1.807, 2.05) is 6.07 Å². The van der Waals surface area contributed by atoms with Crippen molar-refractivity contribution in [1.82, 2.24) is 9.97 Å². The molecule has 5 rings (SSSR count). The molecule has 0 fully saturated rings. The van der Waals surface area contributed by atoms with Gasteiger partial charge < -0.3 is 10.1 Å². The van der Waals surface area contributed by atoms with Crippen LogP contribution in [0.25, 0.3) is 33.1 Å². The number of hydrogen-bond donors (Lipinski definition) is 2. The van der Waals surface area contributed by atoms with Gasteiger partial charge in [0.15, 0.2) is 5.69 Å². The van der Waals surface area contributed by atoms with Gasteiger partial charge in [-0.25, -0.2) is 9.37 Å². The standard InChI is InChI=1S/C24H14ClFN4O2/c25-14-7-10-20-18(11-14)22(24(32)28-20)29-30-23(31)17-12-21(13-5-8-15(26)9-6-13)27-19-4-2-1-3-16(17)19/h1-12,28,32H. The molecule has 2 heterocycles. The molecule has 2 N–H and O–H groups in total. The van der Waals surface area contributed by atoms with Gasteiger partial charge in [0, 0.05) is 21.4 Å². The molecule has 0 saturated heterocycles. The highest BCUT2D eigenvalue weighted by atomic mass is 35.5. The number of azo groups is 1. The van der Waals surface area contributed by atoms with E-state index in [0.717, 1.165) is 0 Å². The molecule has 3 aromatic carbocycles. The largest absolute Gasteiger partial charge is 0.493 e. The molecular formula is C24H14ClFN4O2. The van der Waals surface area contributed by atoms with Gasteiger partial charge in [-0.1, -0.05) is 29.8 Å². The third-order valence-electron chi connectivity index (χ3n) is 5.04. The van der Waals surface area contributed by atoms with Gasteiger partial charge in [0.2, 0.25) is 5.88 Å². The SMILES string of the molecule is O=C(N=Nc1c(O)[nH]c2ccc(Cl)cc12)c1cc(-c2ccc(F)cc2)nc2ccccc12. The number of carbonyl (C=O) groups excluding carboxylic acids is 1. The van der Waals surface area contributed by atoms with Crippen molar-refractivity contribution in [2.75, 3.05) is 0 Å². The highest BCUT2D eigenvalue weighted by Gasteiger charge is 2.16. The second-order valence-corrected chi connectivity index (χ2v) is 7.53. The molecule has 6 nitrogen and oxygen atoms in total. The summed E-state index contributed by atoms with van der Waals surface area (Å²) >= 11 is 6.04. The Bertz CT molecular complexity index is 1530. The molecular weight excluding hydrogens is 431 g/mol. The van der Waals surface area contributed by atoms with Crippen LogP contribution in [-0.4, -0.2) is 21.0 Å². The number of H-pyrrole nitrogens is 1. The van der Waals surface area contributed by atoms with Crippen LogP contribution < -0.4 is 0 Å². The minimum atomic E-state index is -0.609. The summed E-state index contributed by atoms with van der Waals surface area (Å²) in [6.45, 7) is 0. The lowest BCUT2D eigenvalue weighted by molar-refractivity contribution is 0.0996. The number of aromatic nitrogens is 2. The molecule has 5 aromatic rings. The van der Waals surface area contributed by atoms with E-state index in [0.29, 0.717) is 38.1 Å². The van der Waals surface area contributed by atoms with Crippen LogP contribution in [0.1, 0.15) is 10.4 Å². The normalized spacial score (nSPS) is 11.6. The second kappa shape index (κ2) is 7.86. The Kier molecular flexibility index (Phi) is 4.88. The molecule has 0 aliphatic heterocycles. The van der Waals surface area contributed by atoms with Gasteiger partial charge in [-0.3, -0.25) is 4.79 Å². The Labute approximate surface area is 186 Å². The van der Waals surface area contributed by atoms with Crippen LogP contribution in [0.3, 0.4) is 0 Å². The average molecular weight is 445 g/mol. The lowest BCUT2D eigenvalue weighted by Crippen LogP contribution is -1.99. The maximum atomic E-state index is 13.3. The van der Waals surface area contributed by atoms with Crippen LogP contribution in [0.2, 0.25) is 5.02 Å². The number of hydrogen-bond acceptors (Lipinski definition) is 4. The van der Waals surface area contributed by atoms with Crippen LogP contribution in [0, 0.1) is 5.82 Å². The monoisotopic (exact) mass is 444 g/mol. The van der Waals surface area contributed by atoms with Crippen LogP contribution in [0.15, 0.2) is 83.0 Å². The second-order valence-electron chi connectivity index (χ2n) is 7.10. The van der Waals surface area contributed by atoms with Crippen LogP contribution in [0.5, 0.6) is 5.88 Å². The van der Waals surface area contributed by atoms with Crippen molar-refractivity contribution in [2.45, 2.75) is 0 Å². The van der Waals surface area contributed by atoms with E-state index in [4.69, 9.17) is 11.6 Å². The van der Waals surface area contributed by atoms with Crippen LogP contribution >= 0.6 is 11.6 Å². The molecule has 8 heteroatoms. The van der Waals surface area contributed by atoms with Crippen molar-refractivity contribution in [2.24, 2.45) is 10.2 Å². The molecule has 0 radical (unpaired) electrons. The van der Waals surface area contributed by atoms with Crippen molar-refractivity contribution in [3.63, 3.8) is 0 Å². The van der Waals surface area contributed by atoms with E-state index in [1.54, 1.807) is 54.6 Å². The summed E-state index contributed by atoms with van der Waals surface area (Å²) < 4.78 is 13.3. The summed E-state index contributed by atoms with van der Waals surface area (Å²) in [5.74, 6) is -1.19. The van der Waals surface area contributed by atoms with Gasteiger partial charge >= 0.3 is 0 Å². The number of rotatable bonds is 3. The predicted octanol–water partition coefficient (Wildman–Crippen LogP) is 6.81. The Morgan fingerprint density at radius 1 is 1.00 bits per heavy atom.